The van der Waals surface area contributed by atoms with Crippen molar-refractivity contribution in [3.05, 3.63) is 28.8 Å². The molecule has 0 aliphatic carbocycles. The molecule has 5 heteroatoms. The maximum absolute atomic E-state index is 12.2. The lowest BCUT2D eigenvalue weighted by Gasteiger charge is -2.08. The Hall–Kier alpha value is -0.350. The van der Waals surface area contributed by atoms with Crippen LogP contribution in [0, 0.1) is 0 Å². The first-order valence-electron chi connectivity index (χ1n) is 3.36. The van der Waals surface area contributed by atoms with Crippen molar-refractivity contribution in [2.45, 2.75) is 11.1 Å². The molecule has 0 radical (unpaired) electrons. The highest BCUT2D eigenvalue weighted by molar-refractivity contribution is 7.98. The molecule has 0 fully saturated rings. The van der Waals surface area contributed by atoms with Gasteiger partial charge in [0, 0.05) is 4.90 Å². The van der Waals surface area contributed by atoms with Gasteiger partial charge in [-0.3, -0.25) is 0 Å². The Morgan fingerprint density at radius 2 is 1.92 bits per heavy atom. The Morgan fingerprint density at radius 1 is 1.31 bits per heavy atom. The molecule has 0 heterocycles. The number of thioether (sulfide) groups is 1. The van der Waals surface area contributed by atoms with Crippen LogP contribution >= 0.6 is 23.4 Å². The Morgan fingerprint density at radius 3 is 2.38 bits per heavy atom. The van der Waals surface area contributed by atoms with Gasteiger partial charge in [0.25, 0.3) is 0 Å². The normalized spacial score (nSPS) is 11.8. The maximum atomic E-state index is 12.2. The second kappa shape index (κ2) is 3.80. The third-order valence-corrected chi connectivity index (χ3v) is 2.70. The molecule has 0 aromatic heterocycles. The lowest BCUT2D eigenvalue weighted by molar-refractivity contribution is -0.137. The van der Waals surface area contributed by atoms with Crippen LogP contribution in [-0.4, -0.2) is 6.26 Å². The van der Waals surface area contributed by atoms with Gasteiger partial charge in [0.05, 0.1) is 10.6 Å². The summed E-state index contributed by atoms with van der Waals surface area (Å²) in [6.45, 7) is 0. The Bertz CT molecular complexity index is 309. The number of hydrogen-bond acceptors (Lipinski definition) is 1. The van der Waals surface area contributed by atoms with Gasteiger partial charge in [0.2, 0.25) is 0 Å². The monoisotopic (exact) mass is 226 g/mol. The molecule has 0 saturated heterocycles. The standard InChI is InChI=1S/C8H6ClF3S/c1-13-7-4-5(8(10,11)12)2-3-6(7)9/h2-4H,1H3. The van der Waals surface area contributed by atoms with Gasteiger partial charge in [-0.05, 0) is 24.5 Å². The highest BCUT2D eigenvalue weighted by Gasteiger charge is 2.30. The van der Waals surface area contributed by atoms with E-state index in [4.69, 9.17) is 11.6 Å². The summed E-state index contributed by atoms with van der Waals surface area (Å²) in [6, 6.07) is 3.28. The molecule has 1 aromatic carbocycles. The fourth-order valence-corrected chi connectivity index (χ4v) is 1.69. The molecular formula is C8H6ClF3S. The average molecular weight is 227 g/mol. The van der Waals surface area contributed by atoms with Crippen molar-refractivity contribution in [1.82, 2.24) is 0 Å². The lowest BCUT2D eigenvalue weighted by atomic mass is 10.2. The molecule has 0 amide bonds. The second-order valence-corrected chi connectivity index (χ2v) is 3.60. The first-order valence-corrected chi connectivity index (χ1v) is 4.96. The van der Waals surface area contributed by atoms with Gasteiger partial charge in [0.1, 0.15) is 0 Å². The summed E-state index contributed by atoms with van der Waals surface area (Å²) in [6.07, 6.45) is -2.61. The van der Waals surface area contributed by atoms with E-state index in [0.29, 0.717) is 9.92 Å². The highest BCUT2D eigenvalue weighted by Crippen LogP contribution is 2.34. The molecule has 0 aliphatic rings. The van der Waals surface area contributed by atoms with Crippen molar-refractivity contribution < 1.29 is 13.2 Å². The van der Waals surface area contributed by atoms with Gasteiger partial charge < -0.3 is 0 Å². The molecule has 0 aliphatic heterocycles. The summed E-state index contributed by atoms with van der Waals surface area (Å²) in [7, 11) is 0. The zero-order valence-corrected chi connectivity index (χ0v) is 8.22. The quantitative estimate of drug-likeness (QED) is 0.651. The third-order valence-electron chi connectivity index (χ3n) is 1.48. The van der Waals surface area contributed by atoms with E-state index in [-0.39, 0.29) is 0 Å². The highest BCUT2D eigenvalue weighted by atomic mass is 35.5. The zero-order chi connectivity index (χ0) is 10.1. The van der Waals surface area contributed by atoms with E-state index in [2.05, 4.69) is 0 Å². The van der Waals surface area contributed by atoms with Crippen LogP contribution < -0.4 is 0 Å². The number of alkyl halides is 3. The molecule has 0 nitrogen and oxygen atoms in total. The number of benzene rings is 1. The van der Waals surface area contributed by atoms with Crippen LogP contribution in [0.2, 0.25) is 5.02 Å². The molecular weight excluding hydrogens is 221 g/mol. The van der Waals surface area contributed by atoms with Crippen LogP contribution in [0.25, 0.3) is 0 Å². The van der Waals surface area contributed by atoms with Crippen LogP contribution in [0.3, 0.4) is 0 Å². The third kappa shape index (κ3) is 2.54. The molecule has 0 saturated carbocycles. The SMILES string of the molecule is CSc1cc(C(F)(F)F)ccc1Cl. The van der Waals surface area contributed by atoms with Crippen molar-refractivity contribution in [1.29, 1.82) is 0 Å². The van der Waals surface area contributed by atoms with E-state index in [1.807, 2.05) is 0 Å². The number of hydrogen-bond donors (Lipinski definition) is 0. The fraction of sp³-hybridized carbons (Fsp3) is 0.250. The van der Waals surface area contributed by atoms with Crippen LogP contribution in [0.5, 0.6) is 0 Å². The largest absolute Gasteiger partial charge is 0.416 e. The molecule has 0 unspecified atom stereocenters. The smallest absolute Gasteiger partial charge is 0.166 e. The topological polar surface area (TPSA) is 0 Å². The van der Waals surface area contributed by atoms with Gasteiger partial charge in [-0.1, -0.05) is 11.6 Å². The Labute approximate surface area is 83.1 Å². The van der Waals surface area contributed by atoms with E-state index in [0.717, 1.165) is 12.1 Å². The maximum Gasteiger partial charge on any atom is 0.416 e. The van der Waals surface area contributed by atoms with Crippen LogP contribution in [0.15, 0.2) is 23.1 Å². The van der Waals surface area contributed by atoms with Crippen molar-refractivity contribution in [2.75, 3.05) is 6.26 Å². The molecule has 1 rings (SSSR count). The predicted molar refractivity (Wildman–Crippen MR) is 48.2 cm³/mol. The van der Waals surface area contributed by atoms with E-state index < -0.39 is 11.7 Å². The molecule has 0 bridgehead atoms. The predicted octanol–water partition coefficient (Wildman–Crippen LogP) is 4.08. The summed E-state index contributed by atoms with van der Waals surface area (Å²) in [5, 5.41) is 0.348. The van der Waals surface area contributed by atoms with E-state index in [1.165, 1.54) is 17.8 Å². The Kier molecular flexibility index (Phi) is 3.14. The molecule has 0 atom stereocenters. The average Bonchev–Trinajstić information content (AvgIpc) is 2.03. The van der Waals surface area contributed by atoms with Gasteiger partial charge in [0.15, 0.2) is 0 Å². The molecule has 0 N–H and O–H groups in total. The van der Waals surface area contributed by atoms with Crippen LogP contribution in [0.1, 0.15) is 5.56 Å². The number of rotatable bonds is 1. The molecule has 72 valence electrons. The second-order valence-electron chi connectivity index (χ2n) is 2.35. The zero-order valence-electron chi connectivity index (χ0n) is 6.65. The molecule has 0 spiro atoms. The minimum Gasteiger partial charge on any atom is -0.166 e. The van der Waals surface area contributed by atoms with Crippen molar-refractivity contribution in [3.63, 3.8) is 0 Å². The van der Waals surface area contributed by atoms with E-state index in [1.54, 1.807) is 6.26 Å². The molecule has 1 aromatic rings. The van der Waals surface area contributed by atoms with Gasteiger partial charge in [-0.15, -0.1) is 11.8 Å². The van der Waals surface area contributed by atoms with Crippen LogP contribution in [-0.2, 0) is 6.18 Å². The minimum absolute atomic E-state index is 0.348. The van der Waals surface area contributed by atoms with Gasteiger partial charge >= 0.3 is 6.18 Å². The Balaban J connectivity index is 3.14. The van der Waals surface area contributed by atoms with Crippen molar-refractivity contribution in [3.8, 4) is 0 Å². The van der Waals surface area contributed by atoms with Gasteiger partial charge in [-0.25, -0.2) is 0 Å². The van der Waals surface area contributed by atoms with E-state index in [9.17, 15) is 13.2 Å². The van der Waals surface area contributed by atoms with Crippen molar-refractivity contribution in [2.24, 2.45) is 0 Å². The summed E-state index contributed by atoms with van der Waals surface area (Å²) in [4.78, 5) is 0.441. The summed E-state index contributed by atoms with van der Waals surface area (Å²) in [5.74, 6) is 0. The fourth-order valence-electron chi connectivity index (χ4n) is 0.836. The van der Waals surface area contributed by atoms with Crippen LogP contribution in [0.4, 0.5) is 13.2 Å². The first-order chi connectivity index (χ1) is 5.95. The van der Waals surface area contributed by atoms with Crippen molar-refractivity contribution >= 4 is 23.4 Å². The number of halogens is 4. The minimum atomic E-state index is -4.30. The summed E-state index contributed by atoms with van der Waals surface area (Å²) >= 11 is 6.85. The summed E-state index contributed by atoms with van der Waals surface area (Å²) < 4.78 is 36.6. The first kappa shape index (κ1) is 10.7. The summed E-state index contributed by atoms with van der Waals surface area (Å²) in [5.41, 5.74) is -0.666. The van der Waals surface area contributed by atoms with Gasteiger partial charge in [-0.2, -0.15) is 13.2 Å². The molecule has 13 heavy (non-hydrogen) atoms. The lowest BCUT2D eigenvalue weighted by Crippen LogP contribution is -2.04. The van der Waals surface area contributed by atoms with E-state index >= 15 is 0 Å².